The van der Waals surface area contributed by atoms with E-state index in [0.29, 0.717) is 13.2 Å². The Labute approximate surface area is 149 Å². The van der Waals surface area contributed by atoms with Gasteiger partial charge < -0.3 is 19.3 Å². The third-order valence-electron chi connectivity index (χ3n) is 2.49. The van der Waals surface area contributed by atoms with Crippen molar-refractivity contribution in [3.8, 4) is 0 Å². The first-order valence-corrected chi connectivity index (χ1v) is 8.10. The molecule has 1 aromatic carbocycles. The summed E-state index contributed by atoms with van der Waals surface area (Å²) in [7, 11) is 0. The maximum Gasteiger partial charge on any atom is 0.339 e. The molecule has 0 saturated heterocycles. The molecule has 0 aliphatic heterocycles. The van der Waals surface area contributed by atoms with Crippen molar-refractivity contribution in [2.75, 3.05) is 26.4 Å². The molecule has 0 saturated carbocycles. The summed E-state index contributed by atoms with van der Waals surface area (Å²) in [4.78, 5) is 23.8. The van der Waals surface area contributed by atoms with Crippen LogP contribution in [-0.4, -0.2) is 49.6 Å². The van der Waals surface area contributed by atoms with Crippen LogP contribution in [0.3, 0.4) is 0 Å². The van der Waals surface area contributed by atoms with Gasteiger partial charge in [-0.3, -0.25) is 0 Å². The van der Waals surface area contributed by atoms with E-state index in [0.717, 1.165) is 0 Å². The fraction of sp³-hybridized carbons (Fsp3) is 0.474. The lowest BCUT2D eigenvalue weighted by atomic mass is 10.1. The average molecular weight is 352 g/mol. The molecule has 0 fully saturated rings. The smallest absolute Gasteiger partial charge is 0.339 e. The molecule has 1 atom stereocenters. The molecular formula is C19H28O6. The van der Waals surface area contributed by atoms with E-state index in [1.54, 1.807) is 12.1 Å². The number of hydrogen-bond acceptors (Lipinski definition) is 6. The topological polar surface area (TPSA) is 82.1 Å². The van der Waals surface area contributed by atoms with E-state index in [1.807, 2.05) is 20.8 Å². The van der Waals surface area contributed by atoms with Crippen molar-refractivity contribution in [1.29, 1.82) is 0 Å². The van der Waals surface area contributed by atoms with E-state index >= 15 is 0 Å². The number of hydrogen-bond donors (Lipinski definition) is 1. The molecule has 0 heterocycles. The molecule has 0 bridgehead atoms. The minimum Gasteiger partial charge on any atom is -0.460 e. The molecule has 6 heteroatoms. The minimum absolute atomic E-state index is 0.111. The van der Waals surface area contributed by atoms with E-state index in [4.69, 9.17) is 19.3 Å². The zero-order valence-electron chi connectivity index (χ0n) is 15.4. The molecule has 1 aromatic rings. The number of benzene rings is 1. The van der Waals surface area contributed by atoms with Gasteiger partial charge in [0.15, 0.2) is 0 Å². The quantitative estimate of drug-likeness (QED) is 0.440. The normalized spacial score (nSPS) is 10.9. The van der Waals surface area contributed by atoms with Gasteiger partial charge in [0.25, 0.3) is 0 Å². The summed E-state index contributed by atoms with van der Waals surface area (Å²) >= 11 is 0. The van der Waals surface area contributed by atoms with E-state index in [1.165, 1.54) is 24.6 Å². The van der Waals surface area contributed by atoms with Gasteiger partial charge >= 0.3 is 11.9 Å². The monoisotopic (exact) mass is 352 g/mol. The van der Waals surface area contributed by atoms with Crippen molar-refractivity contribution in [3.05, 3.63) is 47.5 Å². The zero-order chi connectivity index (χ0) is 19.2. The molecule has 25 heavy (non-hydrogen) atoms. The number of ether oxygens (including phenoxy) is 3. The van der Waals surface area contributed by atoms with Crippen LogP contribution < -0.4 is 0 Å². The number of carbonyl (C=O) groups is 2. The first-order valence-electron chi connectivity index (χ1n) is 8.10. The van der Waals surface area contributed by atoms with E-state index in [9.17, 15) is 9.59 Å². The maximum absolute atomic E-state index is 11.9. The second kappa shape index (κ2) is 13.1. The molecule has 6 nitrogen and oxygen atoms in total. The van der Waals surface area contributed by atoms with Gasteiger partial charge in [-0.15, -0.1) is 6.58 Å². The molecule has 1 N–H and O–H groups in total. The van der Waals surface area contributed by atoms with Crippen molar-refractivity contribution in [1.82, 2.24) is 0 Å². The number of allylic oxidation sites excluding steroid dienone is 1. The largest absolute Gasteiger partial charge is 0.460 e. The number of aliphatic hydroxyl groups is 1. The highest BCUT2D eigenvalue weighted by atomic mass is 16.6. The fourth-order valence-electron chi connectivity index (χ4n) is 1.53. The van der Waals surface area contributed by atoms with Crippen LogP contribution in [0, 0.1) is 0 Å². The van der Waals surface area contributed by atoms with Crippen LogP contribution in [-0.2, 0) is 14.2 Å². The van der Waals surface area contributed by atoms with Crippen LogP contribution in [0.15, 0.2) is 36.4 Å². The van der Waals surface area contributed by atoms with Crippen molar-refractivity contribution in [2.45, 2.75) is 33.8 Å². The Hall–Kier alpha value is -2.18. The Kier molecular flexibility index (Phi) is 12.0. The van der Waals surface area contributed by atoms with Crippen molar-refractivity contribution < 1.29 is 28.9 Å². The number of rotatable bonds is 8. The Morgan fingerprint density at radius 3 is 2.00 bits per heavy atom. The molecule has 0 amide bonds. The highest BCUT2D eigenvalue weighted by molar-refractivity contribution is 6.03. The molecule has 0 aromatic heterocycles. The van der Waals surface area contributed by atoms with Gasteiger partial charge in [-0.1, -0.05) is 17.7 Å². The van der Waals surface area contributed by atoms with Crippen LogP contribution in [0.5, 0.6) is 0 Å². The van der Waals surface area contributed by atoms with Gasteiger partial charge in [0.2, 0.25) is 0 Å². The summed E-state index contributed by atoms with van der Waals surface area (Å²) in [5.41, 5.74) is 1.41. The Morgan fingerprint density at radius 2 is 1.56 bits per heavy atom. The van der Waals surface area contributed by atoms with E-state index in [2.05, 4.69) is 6.58 Å². The standard InChI is InChI=1S/C15H20O6.C4H8/c1-3-19-8-9-20-14(17)12-6-4-5-7-13(12)15(18)21-10-11(2)16;1-4(2)3/h4-7,11,16H,3,8-10H2,1-2H3;1H2,2-3H3. The minimum atomic E-state index is -0.765. The first kappa shape index (κ1) is 22.8. The van der Waals surface area contributed by atoms with Crippen molar-refractivity contribution in [2.24, 2.45) is 0 Å². The van der Waals surface area contributed by atoms with Crippen LogP contribution in [0.1, 0.15) is 48.4 Å². The van der Waals surface area contributed by atoms with Crippen LogP contribution >= 0.6 is 0 Å². The van der Waals surface area contributed by atoms with E-state index in [-0.39, 0.29) is 24.3 Å². The molecule has 1 unspecified atom stereocenters. The van der Waals surface area contributed by atoms with Crippen LogP contribution in [0.4, 0.5) is 0 Å². The third-order valence-corrected chi connectivity index (χ3v) is 2.49. The Bertz CT molecular complexity index is 547. The summed E-state index contributed by atoms with van der Waals surface area (Å²) < 4.78 is 15.0. The summed E-state index contributed by atoms with van der Waals surface area (Å²) in [6.07, 6.45) is -0.765. The summed E-state index contributed by atoms with van der Waals surface area (Å²) in [6, 6.07) is 6.21. The predicted octanol–water partition coefficient (Wildman–Crippen LogP) is 3.00. The third kappa shape index (κ3) is 11.1. The number of esters is 2. The first-order chi connectivity index (χ1) is 11.8. The zero-order valence-corrected chi connectivity index (χ0v) is 15.4. The highest BCUT2D eigenvalue weighted by Crippen LogP contribution is 2.12. The molecule has 0 aliphatic carbocycles. The summed E-state index contributed by atoms with van der Waals surface area (Å²) in [5, 5.41) is 9.11. The molecular weight excluding hydrogens is 324 g/mol. The lowest BCUT2D eigenvalue weighted by molar-refractivity contribution is 0.0272. The second-order valence-electron chi connectivity index (χ2n) is 5.53. The van der Waals surface area contributed by atoms with E-state index < -0.39 is 18.0 Å². The van der Waals surface area contributed by atoms with Gasteiger partial charge in [0.05, 0.1) is 23.8 Å². The molecule has 0 spiro atoms. The van der Waals surface area contributed by atoms with Crippen molar-refractivity contribution >= 4 is 11.9 Å². The van der Waals surface area contributed by atoms with Gasteiger partial charge in [0.1, 0.15) is 13.2 Å². The Balaban J connectivity index is 0.00000129. The lowest BCUT2D eigenvalue weighted by Gasteiger charge is -2.10. The highest BCUT2D eigenvalue weighted by Gasteiger charge is 2.19. The van der Waals surface area contributed by atoms with Gasteiger partial charge in [-0.25, -0.2) is 9.59 Å². The average Bonchev–Trinajstić information content (AvgIpc) is 2.56. The summed E-state index contributed by atoms with van der Waals surface area (Å²) in [5.74, 6) is -1.28. The van der Waals surface area contributed by atoms with Crippen LogP contribution in [0.25, 0.3) is 0 Å². The number of carbonyl (C=O) groups excluding carboxylic acids is 2. The van der Waals surface area contributed by atoms with Gasteiger partial charge in [-0.2, -0.15) is 0 Å². The SMILES string of the molecule is C=C(C)C.CCOCCOC(=O)c1ccccc1C(=O)OCC(C)O. The number of aliphatic hydroxyl groups excluding tert-OH is 1. The Morgan fingerprint density at radius 1 is 1.08 bits per heavy atom. The van der Waals surface area contributed by atoms with Crippen molar-refractivity contribution in [3.63, 3.8) is 0 Å². The van der Waals surface area contributed by atoms with Crippen LogP contribution in [0.2, 0.25) is 0 Å². The maximum atomic E-state index is 11.9. The fourth-order valence-corrected chi connectivity index (χ4v) is 1.53. The molecule has 140 valence electrons. The predicted molar refractivity (Wildman–Crippen MR) is 95.7 cm³/mol. The lowest BCUT2D eigenvalue weighted by Crippen LogP contribution is -2.19. The summed E-state index contributed by atoms with van der Waals surface area (Å²) in [6.45, 7) is 11.7. The van der Waals surface area contributed by atoms with Gasteiger partial charge in [-0.05, 0) is 39.8 Å². The molecule has 1 rings (SSSR count). The molecule has 0 radical (unpaired) electrons. The molecule has 0 aliphatic rings. The van der Waals surface area contributed by atoms with Gasteiger partial charge in [0, 0.05) is 6.61 Å². The second-order valence-corrected chi connectivity index (χ2v) is 5.53.